The summed E-state index contributed by atoms with van der Waals surface area (Å²) >= 11 is 0. The van der Waals surface area contributed by atoms with Gasteiger partial charge in [0.05, 0.1) is 5.56 Å². The van der Waals surface area contributed by atoms with Gasteiger partial charge in [-0.25, -0.2) is 0 Å². The van der Waals surface area contributed by atoms with Crippen LogP contribution in [0.1, 0.15) is 30.9 Å². The van der Waals surface area contributed by atoms with E-state index in [2.05, 4.69) is 6.92 Å². The minimum Gasteiger partial charge on any atom is -0.371 e. The molecule has 1 aliphatic rings. The molecule has 0 radical (unpaired) electrons. The van der Waals surface area contributed by atoms with Gasteiger partial charge in [0.15, 0.2) is 0 Å². The van der Waals surface area contributed by atoms with Crippen LogP contribution in [0.2, 0.25) is 0 Å². The molecule has 1 fully saturated rings. The summed E-state index contributed by atoms with van der Waals surface area (Å²) < 4.78 is 39.0. The summed E-state index contributed by atoms with van der Waals surface area (Å²) in [4.78, 5) is 1.87. The number of alkyl halides is 3. The lowest BCUT2D eigenvalue weighted by Crippen LogP contribution is -2.34. The van der Waals surface area contributed by atoms with E-state index in [-0.39, 0.29) is 0 Å². The highest BCUT2D eigenvalue weighted by Crippen LogP contribution is 2.38. The van der Waals surface area contributed by atoms with Gasteiger partial charge in [-0.2, -0.15) is 13.2 Å². The first-order valence-electron chi connectivity index (χ1n) is 6.30. The Kier molecular flexibility index (Phi) is 3.55. The van der Waals surface area contributed by atoms with E-state index in [1.807, 2.05) is 11.8 Å². The van der Waals surface area contributed by atoms with Crippen molar-refractivity contribution in [3.63, 3.8) is 0 Å². The first-order chi connectivity index (χ1) is 8.38. The Bertz CT molecular complexity index is 418. The van der Waals surface area contributed by atoms with E-state index in [0.717, 1.165) is 18.4 Å². The number of aryl methyl sites for hydroxylation is 1. The van der Waals surface area contributed by atoms with Gasteiger partial charge >= 0.3 is 6.18 Å². The summed E-state index contributed by atoms with van der Waals surface area (Å²) in [6.07, 6.45) is -2.34. The molecule has 1 heterocycles. The molecule has 1 aromatic carbocycles. The van der Waals surface area contributed by atoms with Gasteiger partial charge in [0.1, 0.15) is 0 Å². The molecule has 0 unspecified atom stereocenters. The minimum atomic E-state index is -4.27. The summed E-state index contributed by atoms with van der Waals surface area (Å²) in [7, 11) is 0. The first-order valence-corrected chi connectivity index (χ1v) is 6.30. The second-order valence-corrected chi connectivity index (χ2v) is 5.19. The number of anilines is 1. The van der Waals surface area contributed by atoms with Gasteiger partial charge in [-0.3, -0.25) is 0 Å². The summed E-state index contributed by atoms with van der Waals surface area (Å²) in [5.41, 5.74) is 0.702. The molecule has 0 aliphatic carbocycles. The van der Waals surface area contributed by atoms with Crippen LogP contribution in [-0.2, 0) is 6.18 Å². The van der Waals surface area contributed by atoms with Crippen molar-refractivity contribution in [1.82, 2.24) is 0 Å². The van der Waals surface area contributed by atoms with E-state index < -0.39 is 11.7 Å². The molecule has 0 N–H and O–H groups in total. The van der Waals surface area contributed by atoms with E-state index in [0.29, 0.717) is 24.7 Å². The third-order valence-electron chi connectivity index (χ3n) is 3.58. The lowest BCUT2D eigenvalue weighted by atomic mass is 9.97. The fourth-order valence-corrected chi connectivity index (χ4v) is 2.39. The lowest BCUT2D eigenvalue weighted by Gasteiger charge is -2.34. The van der Waals surface area contributed by atoms with Crippen LogP contribution < -0.4 is 4.90 Å². The molecule has 1 aromatic rings. The van der Waals surface area contributed by atoms with Crippen molar-refractivity contribution >= 4 is 5.69 Å². The second-order valence-electron chi connectivity index (χ2n) is 5.19. The highest BCUT2D eigenvalue weighted by molar-refractivity contribution is 5.57. The maximum Gasteiger partial charge on any atom is 0.418 e. The van der Waals surface area contributed by atoms with Crippen molar-refractivity contribution in [3.05, 3.63) is 29.3 Å². The number of piperidine rings is 1. The van der Waals surface area contributed by atoms with Crippen molar-refractivity contribution in [2.24, 2.45) is 5.92 Å². The van der Waals surface area contributed by atoms with E-state index >= 15 is 0 Å². The van der Waals surface area contributed by atoms with Crippen molar-refractivity contribution in [2.75, 3.05) is 18.0 Å². The van der Waals surface area contributed by atoms with Gasteiger partial charge in [0.2, 0.25) is 0 Å². The number of rotatable bonds is 1. The normalized spacial score (nSPS) is 18.2. The van der Waals surface area contributed by atoms with E-state index in [4.69, 9.17) is 0 Å². The second kappa shape index (κ2) is 4.82. The summed E-state index contributed by atoms with van der Waals surface area (Å²) in [6.45, 7) is 5.41. The van der Waals surface area contributed by atoms with E-state index in [9.17, 15) is 13.2 Å². The predicted octanol–water partition coefficient (Wildman–Crippen LogP) is 4.25. The lowest BCUT2D eigenvalue weighted by molar-refractivity contribution is -0.137. The maximum absolute atomic E-state index is 13.0. The molecule has 0 bridgehead atoms. The molecule has 0 saturated carbocycles. The fraction of sp³-hybridized carbons (Fsp3) is 0.571. The highest BCUT2D eigenvalue weighted by Gasteiger charge is 2.35. The monoisotopic (exact) mass is 257 g/mol. The Morgan fingerprint density at radius 2 is 1.78 bits per heavy atom. The molecule has 4 heteroatoms. The van der Waals surface area contributed by atoms with Crippen LogP contribution in [0, 0.1) is 12.8 Å². The molecule has 2 rings (SSSR count). The average molecular weight is 257 g/mol. The average Bonchev–Trinajstić information content (AvgIpc) is 2.28. The maximum atomic E-state index is 13.0. The topological polar surface area (TPSA) is 3.24 Å². The zero-order chi connectivity index (χ0) is 13.3. The Morgan fingerprint density at radius 3 is 2.33 bits per heavy atom. The van der Waals surface area contributed by atoms with Crippen LogP contribution in [0.3, 0.4) is 0 Å². The molecule has 0 spiro atoms. The zero-order valence-electron chi connectivity index (χ0n) is 10.7. The van der Waals surface area contributed by atoms with Gasteiger partial charge in [0, 0.05) is 18.8 Å². The smallest absolute Gasteiger partial charge is 0.371 e. The fourth-order valence-electron chi connectivity index (χ4n) is 2.39. The van der Waals surface area contributed by atoms with Crippen molar-refractivity contribution in [2.45, 2.75) is 32.9 Å². The van der Waals surface area contributed by atoms with Gasteiger partial charge in [-0.1, -0.05) is 13.0 Å². The van der Waals surface area contributed by atoms with Gasteiger partial charge < -0.3 is 4.90 Å². The standard InChI is InChI=1S/C14H18F3N/c1-10-5-7-18(8-6-10)13-9-11(2)3-4-12(13)14(15,16)17/h3-4,9-10H,5-8H2,1-2H3. The highest BCUT2D eigenvalue weighted by atomic mass is 19.4. The first kappa shape index (κ1) is 13.2. The zero-order valence-corrected chi connectivity index (χ0v) is 10.7. The number of nitrogens with zero attached hydrogens (tertiary/aromatic N) is 1. The predicted molar refractivity (Wildman–Crippen MR) is 66.8 cm³/mol. The summed E-state index contributed by atoms with van der Waals surface area (Å²) in [6, 6.07) is 4.38. The van der Waals surface area contributed by atoms with Crippen LogP contribution in [0.5, 0.6) is 0 Å². The Balaban J connectivity index is 2.33. The van der Waals surface area contributed by atoms with Gasteiger partial charge in [0.25, 0.3) is 0 Å². The third-order valence-corrected chi connectivity index (χ3v) is 3.58. The van der Waals surface area contributed by atoms with Crippen LogP contribution in [0.15, 0.2) is 18.2 Å². The van der Waals surface area contributed by atoms with E-state index in [1.165, 1.54) is 12.1 Å². The molecule has 1 saturated heterocycles. The molecule has 1 nitrogen and oxygen atoms in total. The molecule has 0 amide bonds. The Morgan fingerprint density at radius 1 is 1.17 bits per heavy atom. The molecule has 18 heavy (non-hydrogen) atoms. The number of hydrogen-bond acceptors (Lipinski definition) is 1. The SMILES string of the molecule is Cc1ccc(C(F)(F)F)c(N2CCC(C)CC2)c1. The summed E-state index contributed by atoms with van der Waals surface area (Å²) in [5.74, 6) is 0.611. The third kappa shape index (κ3) is 2.79. The van der Waals surface area contributed by atoms with Crippen molar-refractivity contribution in [1.29, 1.82) is 0 Å². The van der Waals surface area contributed by atoms with E-state index in [1.54, 1.807) is 6.07 Å². The molecule has 100 valence electrons. The molecular formula is C14H18F3N. The number of hydrogen-bond donors (Lipinski definition) is 0. The van der Waals surface area contributed by atoms with Gasteiger partial charge in [-0.05, 0) is 43.4 Å². The van der Waals surface area contributed by atoms with Crippen molar-refractivity contribution < 1.29 is 13.2 Å². The Hall–Kier alpha value is -1.19. The van der Waals surface area contributed by atoms with Crippen LogP contribution in [0.25, 0.3) is 0 Å². The van der Waals surface area contributed by atoms with Crippen LogP contribution in [-0.4, -0.2) is 13.1 Å². The molecule has 0 aromatic heterocycles. The number of halogens is 3. The Labute approximate surface area is 106 Å². The largest absolute Gasteiger partial charge is 0.418 e. The van der Waals surface area contributed by atoms with Crippen LogP contribution >= 0.6 is 0 Å². The van der Waals surface area contributed by atoms with Crippen molar-refractivity contribution in [3.8, 4) is 0 Å². The molecule has 0 atom stereocenters. The quantitative estimate of drug-likeness (QED) is 0.727. The molecule has 1 aliphatic heterocycles. The van der Waals surface area contributed by atoms with Gasteiger partial charge in [-0.15, -0.1) is 0 Å². The molecular weight excluding hydrogens is 239 g/mol. The summed E-state index contributed by atoms with van der Waals surface area (Å²) in [5, 5.41) is 0. The van der Waals surface area contributed by atoms with Crippen LogP contribution in [0.4, 0.5) is 18.9 Å². The minimum absolute atomic E-state index is 0.342. The number of benzene rings is 1.